The molecule has 0 fully saturated rings. The number of carbonyl (C=O) groups excluding carboxylic acids is 1. The van der Waals surface area contributed by atoms with Gasteiger partial charge in [0.1, 0.15) is 0 Å². The van der Waals surface area contributed by atoms with Crippen LogP contribution in [0.3, 0.4) is 0 Å². The number of nitrogens with zero attached hydrogens (tertiary/aromatic N) is 2. The molecule has 0 unspecified atom stereocenters. The van der Waals surface area contributed by atoms with Crippen molar-refractivity contribution >= 4 is 33.3 Å². The van der Waals surface area contributed by atoms with Crippen LogP contribution in [-0.4, -0.2) is 20.9 Å². The molecule has 0 aliphatic carbocycles. The van der Waals surface area contributed by atoms with Crippen LogP contribution in [0.2, 0.25) is 0 Å². The fourth-order valence-corrected chi connectivity index (χ4v) is 3.34. The van der Waals surface area contributed by atoms with Gasteiger partial charge in [0.15, 0.2) is 5.13 Å². The van der Waals surface area contributed by atoms with Crippen LogP contribution in [0.25, 0.3) is 22.2 Å². The van der Waals surface area contributed by atoms with E-state index in [1.54, 1.807) is 12.4 Å². The van der Waals surface area contributed by atoms with Gasteiger partial charge < -0.3 is 10.3 Å². The highest BCUT2D eigenvalue weighted by Crippen LogP contribution is 2.25. The van der Waals surface area contributed by atoms with E-state index >= 15 is 0 Å². The molecule has 6 heteroatoms. The number of aromatic nitrogens is 3. The Balaban J connectivity index is 1.48. The van der Waals surface area contributed by atoms with Gasteiger partial charge in [0, 0.05) is 40.4 Å². The monoisotopic (exact) mass is 334 g/mol. The number of hydrogen-bond acceptors (Lipinski definition) is 4. The molecule has 4 aromatic rings. The maximum absolute atomic E-state index is 12.3. The van der Waals surface area contributed by atoms with E-state index in [2.05, 4.69) is 20.3 Å². The average molecular weight is 334 g/mol. The third-order valence-corrected chi connectivity index (χ3v) is 4.51. The Kier molecular flexibility index (Phi) is 3.80. The van der Waals surface area contributed by atoms with Crippen molar-refractivity contribution in [2.75, 3.05) is 5.32 Å². The summed E-state index contributed by atoms with van der Waals surface area (Å²) in [4.78, 5) is 23.9. The highest BCUT2D eigenvalue weighted by Gasteiger charge is 2.11. The fourth-order valence-electron chi connectivity index (χ4n) is 2.60. The zero-order valence-electron chi connectivity index (χ0n) is 12.7. The zero-order chi connectivity index (χ0) is 16.4. The SMILES string of the molecule is O=C(Cc1c[nH]c2ccccc12)Nc1nc(-c2ccncc2)cs1. The van der Waals surface area contributed by atoms with Crippen molar-refractivity contribution in [1.29, 1.82) is 0 Å². The molecule has 3 heterocycles. The zero-order valence-corrected chi connectivity index (χ0v) is 13.5. The molecule has 0 aliphatic heterocycles. The highest BCUT2D eigenvalue weighted by atomic mass is 32.1. The molecule has 0 saturated heterocycles. The van der Waals surface area contributed by atoms with Crippen molar-refractivity contribution in [2.45, 2.75) is 6.42 Å². The minimum atomic E-state index is -0.0737. The van der Waals surface area contributed by atoms with Crippen molar-refractivity contribution in [3.63, 3.8) is 0 Å². The van der Waals surface area contributed by atoms with Gasteiger partial charge in [-0.1, -0.05) is 18.2 Å². The van der Waals surface area contributed by atoms with Crippen LogP contribution in [0.4, 0.5) is 5.13 Å². The summed E-state index contributed by atoms with van der Waals surface area (Å²) in [5.74, 6) is -0.0737. The summed E-state index contributed by atoms with van der Waals surface area (Å²) in [6, 6.07) is 11.7. The number of carbonyl (C=O) groups is 1. The average Bonchev–Trinajstić information content (AvgIpc) is 3.23. The second-order valence-corrected chi connectivity index (χ2v) is 6.22. The topological polar surface area (TPSA) is 70.7 Å². The summed E-state index contributed by atoms with van der Waals surface area (Å²) in [5, 5.41) is 6.48. The number of para-hydroxylation sites is 1. The first-order valence-electron chi connectivity index (χ1n) is 7.50. The van der Waals surface area contributed by atoms with E-state index in [4.69, 9.17) is 0 Å². The molecule has 0 saturated carbocycles. The summed E-state index contributed by atoms with van der Waals surface area (Å²) < 4.78 is 0. The van der Waals surface area contributed by atoms with Crippen molar-refractivity contribution in [3.05, 3.63) is 65.9 Å². The molecule has 0 bridgehead atoms. The first-order chi connectivity index (χ1) is 11.8. The van der Waals surface area contributed by atoms with E-state index in [1.807, 2.05) is 48.0 Å². The first-order valence-corrected chi connectivity index (χ1v) is 8.38. The Labute approximate surface area is 142 Å². The van der Waals surface area contributed by atoms with E-state index < -0.39 is 0 Å². The van der Waals surface area contributed by atoms with Gasteiger partial charge in [-0.15, -0.1) is 11.3 Å². The molecule has 0 spiro atoms. The maximum atomic E-state index is 12.3. The second kappa shape index (κ2) is 6.25. The largest absolute Gasteiger partial charge is 0.361 e. The van der Waals surface area contributed by atoms with E-state index in [0.717, 1.165) is 27.7 Å². The van der Waals surface area contributed by atoms with Crippen LogP contribution >= 0.6 is 11.3 Å². The smallest absolute Gasteiger partial charge is 0.230 e. The Morgan fingerprint density at radius 3 is 2.88 bits per heavy atom. The summed E-state index contributed by atoms with van der Waals surface area (Å²) in [5.41, 5.74) is 3.84. The lowest BCUT2D eigenvalue weighted by Crippen LogP contribution is -2.13. The molecule has 24 heavy (non-hydrogen) atoms. The number of H-pyrrole nitrogens is 1. The quantitative estimate of drug-likeness (QED) is 0.595. The van der Waals surface area contributed by atoms with Gasteiger partial charge in [-0.2, -0.15) is 0 Å². The molecule has 118 valence electrons. The summed E-state index contributed by atoms with van der Waals surface area (Å²) in [6.07, 6.45) is 5.65. The molecule has 5 nitrogen and oxygen atoms in total. The van der Waals surface area contributed by atoms with E-state index in [9.17, 15) is 4.79 Å². The molecule has 4 rings (SSSR count). The van der Waals surface area contributed by atoms with Gasteiger partial charge in [0.25, 0.3) is 0 Å². The van der Waals surface area contributed by atoms with Crippen LogP contribution in [-0.2, 0) is 11.2 Å². The number of anilines is 1. The number of pyridine rings is 1. The van der Waals surface area contributed by atoms with Crippen LogP contribution in [0, 0.1) is 0 Å². The van der Waals surface area contributed by atoms with Crippen molar-refractivity contribution < 1.29 is 4.79 Å². The molecular weight excluding hydrogens is 320 g/mol. The van der Waals surface area contributed by atoms with Gasteiger partial charge in [-0.05, 0) is 23.8 Å². The van der Waals surface area contributed by atoms with E-state index in [1.165, 1.54) is 11.3 Å². The lowest BCUT2D eigenvalue weighted by atomic mass is 10.1. The minimum Gasteiger partial charge on any atom is -0.361 e. The Morgan fingerprint density at radius 1 is 1.17 bits per heavy atom. The number of thiazole rings is 1. The van der Waals surface area contributed by atoms with Gasteiger partial charge >= 0.3 is 0 Å². The van der Waals surface area contributed by atoms with Crippen LogP contribution in [0.1, 0.15) is 5.56 Å². The number of fused-ring (bicyclic) bond motifs is 1. The van der Waals surface area contributed by atoms with Gasteiger partial charge in [-0.25, -0.2) is 4.98 Å². The molecule has 3 aromatic heterocycles. The van der Waals surface area contributed by atoms with E-state index in [-0.39, 0.29) is 5.91 Å². The number of nitrogens with one attached hydrogen (secondary N) is 2. The van der Waals surface area contributed by atoms with Crippen LogP contribution in [0.5, 0.6) is 0 Å². The number of aromatic amines is 1. The fraction of sp³-hybridized carbons (Fsp3) is 0.0556. The lowest BCUT2D eigenvalue weighted by Gasteiger charge is -2.01. The van der Waals surface area contributed by atoms with Crippen LogP contribution < -0.4 is 5.32 Å². The predicted molar refractivity (Wildman–Crippen MR) is 96.0 cm³/mol. The Hall–Kier alpha value is -2.99. The predicted octanol–water partition coefficient (Wildman–Crippen LogP) is 3.87. The van der Waals surface area contributed by atoms with Gasteiger partial charge in [0.2, 0.25) is 5.91 Å². The third kappa shape index (κ3) is 2.91. The van der Waals surface area contributed by atoms with Gasteiger partial charge in [-0.3, -0.25) is 9.78 Å². The first kappa shape index (κ1) is 14.6. The standard InChI is InChI=1S/C18H14N4OS/c23-17(9-13-10-20-15-4-2-1-3-14(13)15)22-18-21-16(11-24-18)12-5-7-19-8-6-12/h1-8,10-11,20H,9H2,(H,21,22,23). The van der Waals surface area contributed by atoms with Crippen molar-refractivity contribution in [2.24, 2.45) is 0 Å². The third-order valence-electron chi connectivity index (χ3n) is 3.75. The molecule has 1 aromatic carbocycles. The summed E-state index contributed by atoms with van der Waals surface area (Å²) in [6.45, 7) is 0. The maximum Gasteiger partial charge on any atom is 0.230 e. The van der Waals surface area contributed by atoms with Crippen LogP contribution in [0.15, 0.2) is 60.4 Å². The minimum absolute atomic E-state index is 0.0737. The Bertz CT molecular complexity index is 990. The Morgan fingerprint density at radius 2 is 2.00 bits per heavy atom. The lowest BCUT2D eigenvalue weighted by molar-refractivity contribution is -0.115. The molecular formula is C18H14N4OS. The number of amides is 1. The summed E-state index contributed by atoms with van der Waals surface area (Å²) in [7, 11) is 0. The number of benzene rings is 1. The molecule has 0 aliphatic rings. The number of hydrogen-bond donors (Lipinski definition) is 2. The van der Waals surface area contributed by atoms with Gasteiger partial charge in [0.05, 0.1) is 12.1 Å². The molecule has 0 atom stereocenters. The number of rotatable bonds is 4. The molecule has 1 amide bonds. The second-order valence-electron chi connectivity index (χ2n) is 5.36. The molecule has 0 radical (unpaired) electrons. The van der Waals surface area contributed by atoms with Crippen molar-refractivity contribution in [1.82, 2.24) is 15.0 Å². The normalized spacial score (nSPS) is 10.8. The van der Waals surface area contributed by atoms with Crippen molar-refractivity contribution in [3.8, 4) is 11.3 Å². The summed E-state index contributed by atoms with van der Waals surface area (Å²) >= 11 is 1.42. The van der Waals surface area contributed by atoms with E-state index in [0.29, 0.717) is 11.6 Å². The highest BCUT2D eigenvalue weighted by molar-refractivity contribution is 7.14. The molecule has 2 N–H and O–H groups in total.